The lowest BCUT2D eigenvalue weighted by Gasteiger charge is -2.24. The zero-order valence-electron chi connectivity index (χ0n) is 18.2. The first-order valence-electron chi connectivity index (χ1n) is 10.1. The van der Waals surface area contributed by atoms with Crippen LogP contribution in [-0.2, 0) is 26.9 Å². The smallest absolute Gasteiger partial charge is 0.416 e. The van der Waals surface area contributed by atoms with Gasteiger partial charge in [0, 0.05) is 12.6 Å². The number of amides is 1. The molecule has 0 aliphatic heterocycles. The summed E-state index contributed by atoms with van der Waals surface area (Å²) in [5, 5.41) is 2.69. The van der Waals surface area contributed by atoms with Gasteiger partial charge in [0.15, 0.2) is 5.60 Å². The van der Waals surface area contributed by atoms with Crippen LogP contribution < -0.4 is 10.1 Å². The van der Waals surface area contributed by atoms with E-state index in [2.05, 4.69) is 5.32 Å². The first-order valence-corrected chi connectivity index (χ1v) is 10.1. The van der Waals surface area contributed by atoms with Crippen molar-refractivity contribution in [2.45, 2.75) is 39.0 Å². The van der Waals surface area contributed by atoms with E-state index in [0.29, 0.717) is 18.7 Å². The third-order valence-corrected chi connectivity index (χ3v) is 4.42. The molecule has 5 nitrogen and oxygen atoms in total. The Bertz CT molecular complexity index is 950. The molecule has 2 aromatic carbocycles. The van der Waals surface area contributed by atoms with Gasteiger partial charge >= 0.3 is 12.1 Å². The monoisotopic (exact) mass is 449 g/mol. The standard InChI is InChI=1S/C24H26F3NO4/c1-4-31-22(30)23(2,3)32-20-11-8-17(9-12-20)14-15-28-21(29)13-10-18-6-5-7-19(16-18)24(25,26)27/h5-13,16H,4,14-15H2,1-3H3,(H,28,29)/b13-10+. The molecule has 0 unspecified atom stereocenters. The second kappa shape index (κ2) is 10.8. The maximum absolute atomic E-state index is 12.7. The number of hydrogen-bond donors (Lipinski definition) is 1. The van der Waals surface area contributed by atoms with Crippen molar-refractivity contribution in [1.82, 2.24) is 5.32 Å². The van der Waals surface area contributed by atoms with Gasteiger partial charge in [-0.05, 0) is 68.7 Å². The zero-order valence-corrected chi connectivity index (χ0v) is 18.2. The maximum Gasteiger partial charge on any atom is 0.416 e. The number of esters is 1. The first-order chi connectivity index (χ1) is 15.0. The maximum atomic E-state index is 12.7. The fraction of sp³-hybridized carbons (Fsp3) is 0.333. The van der Waals surface area contributed by atoms with Gasteiger partial charge in [0.05, 0.1) is 12.2 Å². The molecule has 0 saturated carbocycles. The second-order valence-corrected chi connectivity index (χ2v) is 7.47. The summed E-state index contributed by atoms with van der Waals surface area (Å²) in [7, 11) is 0. The van der Waals surface area contributed by atoms with Crippen LogP contribution in [-0.4, -0.2) is 30.6 Å². The van der Waals surface area contributed by atoms with Crippen LogP contribution in [0.2, 0.25) is 0 Å². The van der Waals surface area contributed by atoms with Crippen LogP contribution in [0.5, 0.6) is 5.75 Å². The molecule has 0 saturated heterocycles. The third-order valence-electron chi connectivity index (χ3n) is 4.42. The molecule has 0 fully saturated rings. The Balaban J connectivity index is 1.83. The fourth-order valence-electron chi connectivity index (χ4n) is 2.74. The quantitative estimate of drug-likeness (QED) is 0.441. The highest BCUT2D eigenvalue weighted by atomic mass is 19.4. The van der Waals surface area contributed by atoms with Gasteiger partial charge in [-0.3, -0.25) is 4.79 Å². The number of nitrogens with one attached hydrogen (secondary N) is 1. The topological polar surface area (TPSA) is 64.6 Å². The van der Waals surface area contributed by atoms with E-state index in [4.69, 9.17) is 9.47 Å². The minimum Gasteiger partial charge on any atom is -0.476 e. The van der Waals surface area contributed by atoms with E-state index < -0.39 is 29.2 Å². The van der Waals surface area contributed by atoms with E-state index in [0.717, 1.165) is 17.7 Å². The van der Waals surface area contributed by atoms with Crippen LogP contribution in [0.1, 0.15) is 37.5 Å². The molecule has 0 radical (unpaired) electrons. The number of carbonyl (C=O) groups excluding carboxylic acids is 2. The highest BCUT2D eigenvalue weighted by Crippen LogP contribution is 2.29. The molecule has 1 N–H and O–H groups in total. The summed E-state index contributed by atoms with van der Waals surface area (Å²) in [6.45, 7) is 5.59. The van der Waals surface area contributed by atoms with Gasteiger partial charge in [-0.15, -0.1) is 0 Å². The summed E-state index contributed by atoms with van der Waals surface area (Å²) >= 11 is 0. The van der Waals surface area contributed by atoms with E-state index in [-0.39, 0.29) is 12.2 Å². The molecule has 8 heteroatoms. The zero-order chi connectivity index (χ0) is 23.8. The number of benzene rings is 2. The largest absolute Gasteiger partial charge is 0.476 e. The van der Waals surface area contributed by atoms with Crippen molar-refractivity contribution in [3.63, 3.8) is 0 Å². The molecule has 0 atom stereocenters. The van der Waals surface area contributed by atoms with Gasteiger partial charge in [0.1, 0.15) is 5.75 Å². The molecule has 0 aromatic heterocycles. The fourth-order valence-corrected chi connectivity index (χ4v) is 2.74. The SMILES string of the molecule is CCOC(=O)C(C)(C)Oc1ccc(CCNC(=O)/C=C/c2cccc(C(F)(F)F)c2)cc1. The number of carbonyl (C=O) groups is 2. The Morgan fingerprint density at radius 2 is 1.75 bits per heavy atom. The van der Waals surface area contributed by atoms with Crippen LogP contribution in [0.15, 0.2) is 54.6 Å². The lowest BCUT2D eigenvalue weighted by molar-refractivity contribution is -0.158. The van der Waals surface area contributed by atoms with Gasteiger partial charge in [-0.25, -0.2) is 4.79 Å². The normalized spacial score (nSPS) is 11.9. The van der Waals surface area contributed by atoms with E-state index in [9.17, 15) is 22.8 Å². The molecule has 1 amide bonds. The van der Waals surface area contributed by atoms with Crippen LogP contribution in [0.4, 0.5) is 13.2 Å². The van der Waals surface area contributed by atoms with E-state index in [1.165, 1.54) is 24.3 Å². The van der Waals surface area contributed by atoms with Gasteiger partial charge in [-0.1, -0.05) is 24.3 Å². The molecule has 0 aliphatic carbocycles. The molecule has 0 bridgehead atoms. The minimum absolute atomic E-state index is 0.269. The molecule has 2 rings (SSSR count). The van der Waals surface area contributed by atoms with Crippen molar-refractivity contribution in [2.24, 2.45) is 0 Å². The number of ether oxygens (including phenoxy) is 2. The van der Waals surface area contributed by atoms with Crippen molar-refractivity contribution in [3.8, 4) is 5.75 Å². The van der Waals surface area contributed by atoms with Crippen LogP contribution >= 0.6 is 0 Å². The summed E-state index contributed by atoms with van der Waals surface area (Å²) in [5.41, 5.74) is -0.653. The summed E-state index contributed by atoms with van der Waals surface area (Å²) in [6.07, 6.45) is -1.35. The van der Waals surface area contributed by atoms with E-state index in [1.807, 2.05) is 12.1 Å². The Hall–Kier alpha value is -3.29. The summed E-state index contributed by atoms with van der Waals surface area (Å²) in [4.78, 5) is 23.8. The molecular weight excluding hydrogens is 423 g/mol. The molecule has 0 heterocycles. The summed E-state index contributed by atoms with van der Waals surface area (Å²) in [6, 6.07) is 11.8. The molecule has 2 aromatic rings. The van der Waals surface area contributed by atoms with Crippen molar-refractivity contribution in [3.05, 3.63) is 71.3 Å². The molecule has 172 valence electrons. The Kier molecular flexibility index (Phi) is 8.46. The number of rotatable bonds is 9. The highest BCUT2D eigenvalue weighted by Gasteiger charge is 2.31. The second-order valence-electron chi connectivity index (χ2n) is 7.47. The highest BCUT2D eigenvalue weighted by molar-refractivity contribution is 5.91. The van der Waals surface area contributed by atoms with Crippen LogP contribution in [0, 0.1) is 0 Å². The predicted octanol–water partition coefficient (Wildman–Crippen LogP) is 4.80. The number of hydrogen-bond acceptors (Lipinski definition) is 4. The van der Waals surface area contributed by atoms with Crippen molar-refractivity contribution in [2.75, 3.05) is 13.2 Å². The molecular formula is C24H26F3NO4. The Labute approximate surface area is 185 Å². The van der Waals surface area contributed by atoms with Gasteiger partial charge in [0.2, 0.25) is 5.91 Å². The van der Waals surface area contributed by atoms with Crippen LogP contribution in [0.25, 0.3) is 6.08 Å². The van der Waals surface area contributed by atoms with E-state index in [1.54, 1.807) is 32.9 Å². The molecule has 32 heavy (non-hydrogen) atoms. The average molecular weight is 449 g/mol. The minimum atomic E-state index is -4.43. The Morgan fingerprint density at radius 3 is 2.38 bits per heavy atom. The number of halogens is 3. The van der Waals surface area contributed by atoms with Crippen molar-refractivity contribution in [1.29, 1.82) is 0 Å². The lowest BCUT2D eigenvalue weighted by atomic mass is 10.1. The first kappa shape index (κ1) is 25.0. The predicted molar refractivity (Wildman–Crippen MR) is 115 cm³/mol. The molecule has 0 aliphatic rings. The average Bonchev–Trinajstić information content (AvgIpc) is 2.73. The number of alkyl halides is 3. The third kappa shape index (κ3) is 7.76. The summed E-state index contributed by atoms with van der Waals surface area (Å²) in [5.74, 6) is -0.344. The van der Waals surface area contributed by atoms with Gasteiger partial charge in [-0.2, -0.15) is 13.2 Å². The summed E-state index contributed by atoms with van der Waals surface area (Å²) < 4.78 is 48.9. The van der Waals surface area contributed by atoms with Gasteiger partial charge in [0.25, 0.3) is 0 Å². The van der Waals surface area contributed by atoms with Crippen LogP contribution in [0.3, 0.4) is 0 Å². The molecule has 0 spiro atoms. The lowest BCUT2D eigenvalue weighted by Crippen LogP contribution is -2.39. The van der Waals surface area contributed by atoms with Gasteiger partial charge < -0.3 is 14.8 Å². The Morgan fingerprint density at radius 1 is 1.06 bits per heavy atom. The van der Waals surface area contributed by atoms with E-state index >= 15 is 0 Å². The van der Waals surface area contributed by atoms with Crippen molar-refractivity contribution < 1.29 is 32.2 Å². The van der Waals surface area contributed by atoms with Crippen molar-refractivity contribution >= 4 is 18.0 Å².